The van der Waals surface area contributed by atoms with Gasteiger partial charge >= 0.3 is 0 Å². The van der Waals surface area contributed by atoms with E-state index in [4.69, 9.17) is 16.0 Å². The summed E-state index contributed by atoms with van der Waals surface area (Å²) < 4.78 is 19.0. The quantitative estimate of drug-likeness (QED) is 0.508. The molecule has 0 spiro atoms. The lowest BCUT2D eigenvalue weighted by Gasteiger charge is -2.11. The molecule has 134 valence electrons. The zero-order chi connectivity index (χ0) is 19.0. The lowest BCUT2D eigenvalue weighted by Crippen LogP contribution is -2.27. The molecule has 0 aliphatic carbocycles. The van der Waals surface area contributed by atoms with Crippen LogP contribution in [0.5, 0.6) is 0 Å². The fraction of sp³-hybridized carbons (Fsp3) is 0. The molecule has 0 atom stereocenters. The van der Waals surface area contributed by atoms with Crippen molar-refractivity contribution in [2.24, 2.45) is 0 Å². The van der Waals surface area contributed by atoms with Gasteiger partial charge in [0.1, 0.15) is 17.3 Å². The molecule has 1 aliphatic heterocycles. The first-order valence-corrected chi connectivity index (χ1v) is 9.10. The number of furan rings is 1. The third-order valence-corrected chi connectivity index (χ3v) is 5.01. The van der Waals surface area contributed by atoms with Crippen LogP contribution in [0.25, 0.3) is 17.4 Å². The summed E-state index contributed by atoms with van der Waals surface area (Å²) in [4.78, 5) is 26.2. The smallest absolute Gasteiger partial charge is 0.298 e. The van der Waals surface area contributed by atoms with E-state index < -0.39 is 11.1 Å². The Hall–Kier alpha value is -2.83. The molecule has 2 amide bonds. The summed E-state index contributed by atoms with van der Waals surface area (Å²) in [5, 5.41) is 0.118. The number of benzene rings is 2. The Bertz CT molecular complexity index is 1070. The molecule has 1 aliphatic rings. The van der Waals surface area contributed by atoms with Gasteiger partial charge in [0.05, 0.1) is 10.6 Å². The number of carbonyl (C=O) groups is 2. The molecule has 0 bridgehead atoms. The number of imide groups is 1. The SMILES string of the molecule is O=C1S/C(=C/c2ccc(-c3cccc(F)c3)o2)C(=O)N1c1ccc(Cl)cc1. The van der Waals surface area contributed by atoms with E-state index >= 15 is 0 Å². The number of rotatable bonds is 3. The molecule has 0 radical (unpaired) electrons. The molecule has 1 fully saturated rings. The highest BCUT2D eigenvalue weighted by Crippen LogP contribution is 2.36. The second kappa shape index (κ2) is 7.06. The summed E-state index contributed by atoms with van der Waals surface area (Å²) in [6, 6.07) is 15.8. The van der Waals surface area contributed by atoms with Crippen molar-refractivity contribution in [1.82, 2.24) is 0 Å². The molecule has 2 aromatic carbocycles. The summed E-state index contributed by atoms with van der Waals surface area (Å²) in [5.41, 5.74) is 1.04. The van der Waals surface area contributed by atoms with Gasteiger partial charge in [0.15, 0.2) is 0 Å². The number of anilines is 1. The summed E-state index contributed by atoms with van der Waals surface area (Å²) in [5.74, 6) is 0.0686. The summed E-state index contributed by atoms with van der Waals surface area (Å²) in [6.45, 7) is 0. The molecule has 27 heavy (non-hydrogen) atoms. The Labute approximate surface area is 163 Å². The van der Waals surface area contributed by atoms with E-state index in [0.717, 1.165) is 16.7 Å². The number of nitrogens with zero attached hydrogens (tertiary/aromatic N) is 1. The second-order valence-electron chi connectivity index (χ2n) is 5.71. The van der Waals surface area contributed by atoms with E-state index in [-0.39, 0.29) is 10.7 Å². The highest BCUT2D eigenvalue weighted by atomic mass is 35.5. The van der Waals surface area contributed by atoms with Gasteiger partial charge in [0.25, 0.3) is 11.1 Å². The van der Waals surface area contributed by atoms with Crippen molar-refractivity contribution in [3.05, 3.63) is 82.2 Å². The largest absolute Gasteiger partial charge is 0.457 e. The minimum Gasteiger partial charge on any atom is -0.457 e. The monoisotopic (exact) mass is 399 g/mol. The topological polar surface area (TPSA) is 50.5 Å². The molecule has 3 aromatic rings. The van der Waals surface area contributed by atoms with Crippen LogP contribution >= 0.6 is 23.4 Å². The molecule has 0 N–H and O–H groups in total. The van der Waals surface area contributed by atoms with Gasteiger partial charge in [-0.2, -0.15) is 0 Å². The van der Waals surface area contributed by atoms with Gasteiger partial charge < -0.3 is 4.42 Å². The number of hydrogen-bond acceptors (Lipinski definition) is 4. The van der Waals surface area contributed by atoms with E-state index in [2.05, 4.69) is 0 Å². The number of carbonyl (C=O) groups excluding carboxylic acids is 2. The van der Waals surface area contributed by atoms with Gasteiger partial charge in [-0.1, -0.05) is 23.7 Å². The van der Waals surface area contributed by atoms with Crippen molar-refractivity contribution in [3.8, 4) is 11.3 Å². The molecular weight excluding hydrogens is 389 g/mol. The fourth-order valence-corrected chi connectivity index (χ4v) is 3.58. The van der Waals surface area contributed by atoms with Crippen LogP contribution in [-0.2, 0) is 4.79 Å². The maximum Gasteiger partial charge on any atom is 0.298 e. The standard InChI is InChI=1S/C20H11ClFNO3S/c21-13-4-6-15(7-5-13)23-19(24)18(27-20(23)25)11-16-8-9-17(26-16)12-2-1-3-14(22)10-12/h1-11H/b18-11+. The first kappa shape index (κ1) is 17.6. The molecular formula is C20H11ClFNO3S. The van der Waals surface area contributed by atoms with Crippen molar-refractivity contribution in [2.75, 3.05) is 4.90 Å². The summed E-state index contributed by atoms with van der Waals surface area (Å²) >= 11 is 6.68. The predicted molar refractivity (Wildman–Crippen MR) is 104 cm³/mol. The molecule has 0 saturated carbocycles. The third kappa shape index (κ3) is 3.54. The molecule has 1 aromatic heterocycles. The average Bonchev–Trinajstić information content (AvgIpc) is 3.21. The van der Waals surface area contributed by atoms with Crippen molar-refractivity contribution in [2.45, 2.75) is 0 Å². The lowest BCUT2D eigenvalue weighted by molar-refractivity contribution is -0.113. The molecule has 4 rings (SSSR count). The first-order valence-electron chi connectivity index (χ1n) is 7.90. The minimum absolute atomic E-state index is 0.245. The van der Waals surface area contributed by atoms with E-state index in [9.17, 15) is 14.0 Å². The molecule has 0 unspecified atom stereocenters. The summed E-state index contributed by atoms with van der Waals surface area (Å²) in [7, 11) is 0. The molecule has 1 saturated heterocycles. The van der Waals surface area contributed by atoms with Crippen molar-refractivity contribution in [3.63, 3.8) is 0 Å². The Morgan fingerprint density at radius 2 is 1.81 bits per heavy atom. The minimum atomic E-state index is -0.434. The Morgan fingerprint density at radius 3 is 2.56 bits per heavy atom. The highest BCUT2D eigenvalue weighted by Gasteiger charge is 2.36. The normalized spacial score (nSPS) is 15.8. The Morgan fingerprint density at radius 1 is 1.04 bits per heavy atom. The Balaban J connectivity index is 1.61. The number of halogens is 2. The van der Waals surface area contributed by atoms with E-state index in [0.29, 0.717) is 27.8 Å². The van der Waals surface area contributed by atoms with Crippen LogP contribution in [-0.4, -0.2) is 11.1 Å². The van der Waals surface area contributed by atoms with Crippen LogP contribution in [0.1, 0.15) is 5.76 Å². The van der Waals surface area contributed by atoms with Crippen LogP contribution in [0, 0.1) is 5.82 Å². The van der Waals surface area contributed by atoms with Gasteiger partial charge in [-0.05, 0) is 60.3 Å². The number of thioether (sulfide) groups is 1. The van der Waals surface area contributed by atoms with Crippen molar-refractivity contribution in [1.29, 1.82) is 0 Å². The van der Waals surface area contributed by atoms with Gasteiger partial charge in [-0.25, -0.2) is 9.29 Å². The molecule has 7 heteroatoms. The maximum absolute atomic E-state index is 13.4. The van der Waals surface area contributed by atoms with E-state index in [1.807, 2.05) is 0 Å². The number of amides is 2. The average molecular weight is 400 g/mol. The highest BCUT2D eigenvalue weighted by molar-refractivity contribution is 8.19. The van der Waals surface area contributed by atoms with Crippen LogP contribution in [0.15, 0.2) is 70.0 Å². The molecule has 4 nitrogen and oxygen atoms in total. The van der Waals surface area contributed by atoms with Gasteiger partial charge in [0, 0.05) is 16.7 Å². The predicted octanol–water partition coefficient (Wildman–Crippen LogP) is 5.98. The van der Waals surface area contributed by atoms with Crippen LogP contribution in [0.3, 0.4) is 0 Å². The van der Waals surface area contributed by atoms with Crippen LogP contribution < -0.4 is 4.90 Å². The zero-order valence-corrected chi connectivity index (χ0v) is 15.3. The van der Waals surface area contributed by atoms with Gasteiger partial charge in [-0.15, -0.1) is 0 Å². The zero-order valence-electron chi connectivity index (χ0n) is 13.7. The van der Waals surface area contributed by atoms with Crippen LogP contribution in [0.4, 0.5) is 14.9 Å². The van der Waals surface area contributed by atoms with Gasteiger partial charge in [0.2, 0.25) is 0 Å². The van der Waals surface area contributed by atoms with E-state index in [1.165, 1.54) is 18.2 Å². The van der Waals surface area contributed by atoms with Gasteiger partial charge in [-0.3, -0.25) is 9.59 Å². The van der Waals surface area contributed by atoms with E-state index in [1.54, 1.807) is 48.5 Å². The third-order valence-electron chi connectivity index (χ3n) is 3.89. The molecule has 2 heterocycles. The van der Waals surface area contributed by atoms with Crippen LogP contribution in [0.2, 0.25) is 5.02 Å². The maximum atomic E-state index is 13.4. The lowest BCUT2D eigenvalue weighted by atomic mass is 10.2. The first-order chi connectivity index (χ1) is 13.0. The summed E-state index contributed by atoms with van der Waals surface area (Å²) in [6.07, 6.45) is 1.50. The number of hydrogen-bond donors (Lipinski definition) is 0. The second-order valence-corrected chi connectivity index (χ2v) is 7.14. The Kier molecular flexibility index (Phi) is 4.59. The van der Waals surface area contributed by atoms with Crippen molar-refractivity contribution >= 4 is 46.3 Å². The van der Waals surface area contributed by atoms with Crippen molar-refractivity contribution < 1.29 is 18.4 Å². The fourth-order valence-electron chi connectivity index (χ4n) is 2.64.